The zero-order chi connectivity index (χ0) is 19.1. The predicted octanol–water partition coefficient (Wildman–Crippen LogP) is 3.93. The lowest BCUT2D eigenvalue weighted by Gasteiger charge is -2.11. The molecule has 0 aliphatic rings. The minimum absolute atomic E-state index is 0.129. The van der Waals surface area contributed by atoms with E-state index in [1.165, 1.54) is 0 Å². The van der Waals surface area contributed by atoms with Crippen LogP contribution in [0.2, 0.25) is 0 Å². The molecule has 6 heteroatoms. The van der Waals surface area contributed by atoms with Crippen molar-refractivity contribution in [3.63, 3.8) is 0 Å². The molecule has 1 amide bonds. The molecule has 3 rings (SSSR count). The lowest BCUT2D eigenvalue weighted by molar-refractivity contribution is -0.118. The van der Waals surface area contributed by atoms with Crippen LogP contribution in [0.5, 0.6) is 11.5 Å². The van der Waals surface area contributed by atoms with E-state index in [9.17, 15) is 4.79 Å². The number of anilines is 1. The summed E-state index contributed by atoms with van der Waals surface area (Å²) in [4.78, 5) is 12.2. The summed E-state index contributed by atoms with van der Waals surface area (Å²) >= 11 is 0. The third-order valence-electron chi connectivity index (χ3n) is 3.79. The van der Waals surface area contributed by atoms with Crippen LogP contribution in [0.1, 0.15) is 12.5 Å². The number of carbonyl (C=O) groups is 1. The largest absolute Gasteiger partial charge is 0.493 e. The van der Waals surface area contributed by atoms with Gasteiger partial charge in [-0.15, -0.1) is 0 Å². The number of carbonyl (C=O) groups excluding carboxylic acids is 1. The number of ether oxygens (including phenoxy) is 2. The summed E-state index contributed by atoms with van der Waals surface area (Å²) in [5.41, 5.74) is 2.52. The average molecular weight is 363 g/mol. The monoisotopic (exact) mass is 363 g/mol. The van der Waals surface area contributed by atoms with Gasteiger partial charge in [-0.3, -0.25) is 4.79 Å². The van der Waals surface area contributed by atoms with Crippen LogP contribution < -0.4 is 14.8 Å². The van der Waals surface area contributed by atoms with Gasteiger partial charge >= 0.3 is 0 Å². The highest BCUT2D eigenvalue weighted by Gasteiger charge is 2.10. The maximum absolute atomic E-state index is 12.2. The first-order chi connectivity index (χ1) is 13.2. The van der Waals surface area contributed by atoms with Gasteiger partial charge < -0.3 is 14.8 Å². The SMILES string of the molecule is CC=Cc1ccc(OCC(=O)Nc2cnn(-c3ccccc3)c2)c(OC)c1. The lowest BCUT2D eigenvalue weighted by Crippen LogP contribution is -2.20. The lowest BCUT2D eigenvalue weighted by atomic mass is 10.2. The smallest absolute Gasteiger partial charge is 0.262 e. The van der Waals surface area contributed by atoms with E-state index < -0.39 is 0 Å². The van der Waals surface area contributed by atoms with E-state index >= 15 is 0 Å². The van der Waals surface area contributed by atoms with E-state index in [1.807, 2.05) is 61.5 Å². The van der Waals surface area contributed by atoms with Crippen molar-refractivity contribution in [2.24, 2.45) is 0 Å². The predicted molar refractivity (Wildman–Crippen MR) is 105 cm³/mol. The molecule has 1 aromatic heterocycles. The van der Waals surface area contributed by atoms with E-state index in [0.29, 0.717) is 17.2 Å². The Kier molecular flexibility index (Phi) is 5.89. The molecule has 0 aliphatic carbocycles. The molecule has 1 N–H and O–H groups in total. The molecule has 0 spiro atoms. The number of amides is 1. The van der Waals surface area contributed by atoms with Crippen molar-refractivity contribution in [1.29, 1.82) is 0 Å². The summed E-state index contributed by atoms with van der Waals surface area (Å²) in [6.07, 6.45) is 7.25. The van der Waals surface area contributed by atoms with Crippen molar-refractivity contribution >= 4 is 17.7 Å². The molecular weight excluding hydrogens is 342 g/mol. The van der Waals surface area contributed by atoms with E-state index in [-0.39, 0.29) is 12.5 Å². The molecule has 0 saturated heterocycles. The molecule has 0 bridgehead atoms. The average Bonchev–Trinajstić information content (AvgIpc) is 3.16. The first kappa shape index (κ1) is 18.3. The molecule has 138 valence electrons. The first-order valence-electron chi connectivity index (χ1n) is 8.53. The van der Waals surface area contributed by atoms with Crippen molar-refractivity contribution in [1.82, 2.24) is 9.78 Å². The number of nitrogens with zero attached hydrogens (tertiary/aromatic N) is 2. The summed E-state index contributed by atoms with van der Waals surface area (Å²) < 4.78 is 12.6. The molecule has 0 fully saturated rings. The molecular formula is C21H21N3O3. The van der Waals surface area contributed by atoms with Gasteiger partial charge in [0.15, 0.2) is 18.1 Å². The van der Waals surface area contributed by atoms with Gasteiger partial charge in [-0.25, -0.2) is 4.68 Å². The fraction of sp³-hybridized carbons (Fsp3) is 0.143. The Balaban J connectivity index is 1.60. The zero-order valence-corrected chi connectivity index (χ0v) is 15.3. The van der Waals surface area contributed by atoms with Crippen molar-refractivity contribution < 1.29 is 14.3 Å². The van der Waals surface area contributed by atoms with Crippen LogP contribution in [0.3, 0.4) is 0 Å². The molecule has 0 unspecified atom stereocenters. The van der Waals surface area contributed by atoms with Gasteiger partial charge in [0.2, 0.25) is 0 Å². The maximum atomic E-state index is 12.2. The molecule has 3 aromatic rings. The molecule has 27 heavy (non-hydrogen) atoms. The van der Waals surface area contributed by atoms with E-state index in [4.69, 9.17) is 9.47 Å². The normalized spacial score (nSPS) is 10.7. The fourth-order valence-electron chi connectivity index (χ4n) is 2.55. The summed E-state index contributed by atoms with van der Waals surface area (Å²) in [5.74, 6) is 0.818. The Bertz CT molecular complexity index is 933. The Hall–Kier alpha value is -3.54. The summed E-state index contributed by atoms with van der Waals surface area (Å²) in [6, 6.07) is 15.2. The quantitative estimate of drug-likeness (QED) is 0.691. The number of hydrogen-bond donors (Lipinski definition) is 1. The fourth-order valence-corrected chi connectivity index (χ4v) is 2.55. The van der Waals surface area contributed by atoms with E-state index in [1.54, 1.807) is 30.3 Å². The second-order valence-corrected chi connectivity index (χ2v) is 5.76. The number of para-hydroxylation sites is 1. The number of nitrogens with one attached hydrogen (secondary N) is 1. The van der Waals surface area contributed by atoms with Crippen LogP contribution in [0, 0.1) is 0 Å². The van der Waals surface area contributed by atoms with E-state index in [2.05, 4.69) is 10.4 Å². The Labute approximate surface area is 158 Å². The van der Waals surface area contributed by atoms with Gasteiger partial charge in [-0.1, -0.05) is 36.4 Å². The van der Waals surface area contributed by atoms with Gasteiger partial charge in [0.05, 0.1) is 30.9 Å². The number of hydrogen-bond acceptors (Lipinski definition) is 4. The number of rotatable bonds is 7. The highest BCUT2D eigenvalue weighted by molar-refractivity contribution is 5.91. The molecule has 0 aliphatic heterocycles. The van der Waals surface area contributed by atoms with Crippen molar-refractivity contribution in [2.45, 2.75) is 6.92 Å². The number of methoxy groups -OCH3 is 1. The maximum Gasteiger partial charge on any atom is 0.262 e. The highest BCUT2D eigenvalue weighted by atomic mass is 16.5. The summed E-state index contributed by atoms with van der Waals surface area (Å²) in [7, 11) is 1.57. The van der Waals surface area contributed by atoms with Crippen LogP contribution in [0.25, 0.3) is 11.8 Å². The number of benzene rings is 2. The number of allylic oxidation sites excluding steroid dienone is 1. The highest BCUT2D eigenvalue weighted by Crippen LogP contribution is 2.28. The Morgan fingerprint density at radius 1 is 1.19 bits per heavy atom. The second-order valence-electron chi connectivity index (χ2n) is 5.76. The molecule has 0 atom stereocenters. The summed E-state index contributed by atoms with van der Waals surface area (Å²) in [5, 5.41) is 7.02. The molecule has 2 aromatic carbocycles. The Morgan fingerprint density at radius 3 is 2.74 bits per heavy atom. The van der Waals surface area contributed by atoms with Crippen LogP contribution in [0.4, 0.5) is 5.69 Å². The van der Waals surface area contributed by atoms with Crippen molar-refractivity contribution in [3.8, 4) is 17.2 Å². The van der Waals surface area contributed by atoms with Gasteiger partial charge in [-0.05, 0) is 36.8 Å². The van der Waals surface area contributed by atoms with Gasteiger partial charge in [0, 0.05) is 0 Å². The van der Waals surface area contributed by atoms with Gasteiger partial charge in [0.1, 0.15) is 0 Å². The van der Waals surface area contributed by atoms with E-state index in [0.717, 1.165) is 11.3 Å². The number of aromatic nitrogens is 2. The zero-order valence-electron chi connectivity index (χ0n) is 15.3. The minimum atomic E-state index is -0.276. The van der Waals surface area contributed by atoms with Gasteiger partial charge in [0.25, 0.3) is 5.91 Å². The van der Waals surface area contributed by atoms with Crippen molar-refractivity contribution in [3.05, 3.63) is 72.6 Å². The van der Waals surface area contributed by atoms with Crippen LogP contribution >= 0.6 is 0 Å². The van der Waals surface area contributed by atoms with Crippen LogP contribution in [0.15, 0.2) is 67.0 Å². The molecule has 1 heterocycles. The molecule has 0 saturated carbocycles. The summed E-state index contributed by atoms with van der Waals surface area (Å²) in [6.45, 7) is 1.82. The first-order valence-corrected chi connectivity index (χ1v) is 8.53. The second kappa shape index (κ2) is 8.71. The molecule has 6 nitrogen and oxygen atoms in total. The third-order valence-corrected chi connectivity index (χ3v) is 3.79. The third kappa shape index (κ3) is 4.76. The topological polar surface area (TPSA) is 65.4 Å². The van der Waals surface area contributed by atoms with Crippen molar-refractivity contribution in [2.75, 3.05) is 19.0 Å². The minimum Gasteiger partial charge on any atom is -0.493 e. The van der Waals surface area contributed by atoms with Crippen LogP contribution in [-0.4, -0.2) is 29.4 Å². The molecule has 0 radical (unpaired) electrons. The van der Waals surface area contributed by atoms with Gasteiger partial charge in [-0.2, -0.15) is 5.10 Å². The standard InChI is InChI=1S/C21H21N3O3/c1-3-7-16-10-11-19(20(12-16)26-2)27-15-21(25)23-17-13-22-24(14-17)18-8-5-4-6-9-18/h3-14H,15H2,1-2H3,(H,23,25). The van der Waals surface area contributed by atoms with Crippen LogP contribution in [-0.2, 0) is 4.79 Å². The Morgan fingerprint density at radius 2 is 2.00 bits per heavy atom.